The Morgan fingerprint density at radius 1 is 1.14 bits per heavy atom. The minimum atomic E-state index is -0.0435. The highest BCUT2D eigenvalue weighted by Gasteiger charge is 2.18. The van der Waals surface area contributed by atoms with Crippen LogP contribution in [-0.4, -0.2) is 51.8 Å². The molecule has 2 aromatic rings. The summed E-state index contributed by atoms with van der Waals surface area (Å²) in [6, 6.07) is 11.9. The molecule has 3 rings (SSSR count). The molecule has 1 aliphatic rings. The lowest BCUT2D eigenvalue weighted by molar-refractivity contribution is -0.126. The monoisotopic (exact) mass is 396 g/mol. The first kappa shape index (κ1) is 20.6. The second-order valence-electron chi connectivity index (χ2n) is 6.99. The Labute approximate surface area is 172 Å². The largest absolute Gasteiger partial charge is 0.493 e. The Balaban J connectivity index is 1.71. The SMILES string of the molecule is CCN(Cc1ccc(N(C)C)cc1)C(=O)/C=C/c1cc(OC)c2c(c1)OCCO2. The number of hydrogen-bond acceptors (Lipinski definition) is 5. The minimum absolute atomic E-state index is 0.0435. The fourth-order valence-electron chi connectivity index (χ4n) is 3.13. The highest BCUT2D eigenvalue weighted by atomic mass is 16.6. The Morgan fingerprint density at radius 2 is 1.86 bits per heavy atom. The zero-order valence-corrected chi connectivity index (χ0v) is 17.5. The maximum atomic E-state index is 12.7. The molecule has 0 aromatic heterocycles. The zero-order chi connectivity index (χ0) is 20.8. The maximum absolute atomic E-state index is 12.7. The Kier molecular flexibility index (Phi) is 6.65. The molecule has 0 atom stereocenters. The molecule has 1 aliphatic heterocycles. The second-order valence-corrected chi connectivity index (χ2v) is 6.99. The van der Waals surface area contributed by atoms with Crippen LogP contribution in [0, 0.1) is 0 Å². The van der Waals surface area contributed by atoms with Gasteiger partial charge in [0.05, 0.1) is 7.11 Å². The van der Waals surface area contributed by atoms with E-state index in [-0.39, 0.29) is 5.91 Å². The van der Waals surface area contributed by atoms with Crippen molar-refractivity contribution < 1.29 is 19.0 Å². The van der Waals surface area contributed by atoms with Gasteiger partial charge in [-0.25, -0.2) is 0 Å². The highest BCUT2D eigenvalue weighted by Crippen LogP contribution is 2.40. The van der Waals surface area contributed by atoms with Crippen LogP contribution in [0.5, 0.6) is 17.2 Å². The van der Waals surface area contributed by atoms with Gasteiger partial charge in [-0.1, -0.05) is 12.1 Å². The lowest BCUT2D eigenvalue weighted by Crippen LogP contribution is -2.28. The van der Waals surface area contributed by atoms with Crippen molar-refractivity contribution in [3.8, 4) is 17.2 Å². The number of hydrogen-bond donors (Lipinski definition) is 0. The van der Waals surface area contributed by atoms with Gasteiger partial charge in [-0.2, -0.15) is 0 Å². The number of carbonyl (C=O) groups is 1. The van der Waals surface area contributed by atoms with E-state index in [1.165, 1.54) is 0 Å². The first-order chi connectivity index (χ1) is 14.0. The Bertz CT molecular complexity index is 858. The molecule has 0 fully saturated rings. The van der Waals surface area contributed by atoms with Gasteiger partial charge in [0, 0.05) is 38.9 Å². The average Bonchev–Trinajstić information content (AvgIpc) is 2.75. The first-order valence-electron chi connectivity index (χ1n) is 9.72. The van der Waals surface area contributed by atoms with Gasteiger partial charge in [-0.15, -0.1) is 0 Å². The molecule has 0 saturated heterocycles. The standard InChI is InChI=1S/C23H28N2O4/c1-5-25(16-17-6-9-19(10-7-17)24(2)3)22(26)11-8-18-14-20(27-4)23-21(15-18)28-12-13-29-23/h6-11,14-15H,5,12-13,16H2,1-4H3/b11-8+. The molecule has 0 unspecified atom stereocenters. The van der Waals surface area contributed by atoms with E-state index in [1.807, 2.05) is 33.2 Å². The van der Waals surface area contributed by atoms with Crippen LogP contribution in [0.15, 0.2) is 42.5 Å². The number of rotatable bonds is 7. The molecular formula is C23H28N2O4. The summed E-state index contributed by atoms with van der Waals surface area (Å²) in [5.74, 6) is 1.80. The average molecular weight is 396 g/mol. The van der Waals surface area contributed by atoms with Crippen LogP contribution < -0.4 is 19.1 Å². The third kappa shape index (κ3) is 5.02. The van der Waals surface area contributed by atoms with Crippen molar-refractivity contribution in [2.75, 3.05) is 45.9 Å². The number of methoxy groups -OCH3 is 1. The van der Waals surface area contributed by atoms with E-state index in [1.54, 1.807) is 24.2 Å². The molecule has 6 heteroatoms. The quantitative estimate of drug-likeness (QED) is 0.670. The molecule has 0 aliphatic carbocycles. The smallest absolute Gasteiger partial charge is 0.246 e. The number of fused-ring (bicyclic) bond motifs is 1. The van der Waals surface area contributed by atoms with Crippen LogP contribution in [0.25, 0.3) is 6.08 Å². The lowest BCUT2D eigenvalue weighted by atomic mass is 10.1. The van der Waals surface area contributed by atoms with Crippen LogP contribution in [0.4, 0.5) is 5.69 Å². The first-order valence-corrected chi connectivity index (χ1v) is 9.72. The van der Waals surface area contributed by atoms with Gasteiger partial charge in [0.25, 0.3) is 0 Å². The van der Waals surface area contributed by atoms with Crippen molar-refractivity contribution in [3.63, 3.8) is 0 Å². The summed E-state index contributed by atoms with van der Waals surface area (Å²) in [4.78, 5) is 16.6. The number of benzene rings is 2. The fraction of sp³-hybridized carbons (Fsp3) is 0.348. The molecule has 6 nitrogen and oxygen atoms in total. The number of nitrogens with zero attached hydrogens (tertiary/aromatic N) is 2. The Hall–Kier alpha value is -3.15. The third-order valence-corrected chi connectivity index (χ3v) is 4.79. The van der Waals surface area contributed by atoms with Crippen LogP contribution in [-0.2, 0) is 11.3 Å². The molecular weight excluding hydrogens is 368 g/mol. The third-order valence-electron chi connectivity index (χ3n) is 4.79. The van der Waals surface area contributed by atoms with Crippen molar-refractivity contribution in [2.45, 2.75) is 13.5 Å². The van der Waals surface area contributed by atoms with E-state index >= 15 is 0 Å². The van der Waals surface area contributed by atoms with Gasteiger partial charge in [-0.05, 0) is 48.4 Å². The van der Waals surface area contributed by atoms with Crippen molar-refractivity contribution in [3.05, 3.63) is 53.6 Å². The van der Waals surface area contributed by atoms with Crippen molar-refractivity contribution in [2.24, 2.45) is 0 Å². The number of ether oxygens (including phenoxy) is 3. The normalized spacial score (nSPS) is 12.7. The molecule has 2 aromatic carbocycles. The van der Waals surface area contributed by atoms with E-state index in [2.05, 4.69) is 29.2 Å². The van der Waals surface area contributed by atoms with Crippen molar-refractivity contribution >= 4 is 17.7 Å². The molecule has 0 spiro atoms. The number of anilines is 1. The van der Waals surface area contributed by atoms with E-state index in [4.69, 9.17) is 14.2 Å². The lowest BCUT2D eigenvalue weighted by Gasteiger charge is -2.21. The van der Waals surface area contributed by atoms with Gasteiger partial charge in [0.2, 0.25) is 11.7 Å². The topological polar surface area (TPSA) is 51.2 Å². The van der Waals surface area contributed by atoms with Crippen LogP contribution in [0.2, 0.25) is 0 Å². The van der Waals surface area contributed by atoms with Gasteiger partial charge in [-0.3, -0.25) is 4.79 Å². The van der Waals surface area contributed by atoms with E-state index < -0.39 is 0 Å². The van der Waals surface area contributed by atoms with Gasteiger partial charge < -0.3 is 24.0 Å². The summed E-state index contributed by atoms with van der Waals surface area (Å²) >= 11 is 0. The van der Waals surface area contributed by atoms with Gasteiger partial charge in [0.1, 0.15) is 13.2 Å². The number of amides is 1. The van der Waals surface area contributed by atoms with E-state index in [0.717, 1.165) is 16.8 Å². The van der Waals surface area contributed by atoms with Gasteiger partial charge in [0.15, 0.2) is 11.5 Å². The number of carbonyl (C=O) groups excluding carboxylic acids is 1. The number of likely N-dealkylation sites (N-methyl/N-ethyl adjacent to an activating group) is 1. The highest BCUT2D eigenvalue weighted by molar-refractivity contribution is 5.92. The predicted octanol–water partition coefficient (Wildman–Crippen LogP) is 3.59. The Morgan fingerprint density at radius 3 is 2.52 bits per heavy atom. The molecule has 0 N–H and O–H groups in total. The van der Waals surface area contributed by atoms with Crippen LogP contribution in [0.1, 0.15) is 18.1 Å². The predicted molar refractivity (Wildman–Crippen MR) is 115 cm³/mol. The summed E-state index contributed by atoms with van der Waals surface area (Å²) in [5.41, 5.74) is 3.06. The second kappa shape index (κ2) is 9.37. The molecule has 0 bridgehead atoms. The summed E-state index contributed by atoms with van der Waals surface area (Å²) < 4.78 is 16.7. The molecule has 29 heavy (non-hydrogen) atoms. The summed E-state index contributed by atoms with van der Waals surface area (Å²) in [5, 5.41) is 0. The summed E-state index contributed by atoms with van der Waals surface area (Å²) in [6.07, 6.45) is 3.36. The molecule has 1 amide bonds. The van der Waals surface area contributed by atoms with E-state index in [0.29, 0.717) is 43.6 Å². The maximum Gasteiger partial charge on any atom is 0.246 e. The fourth-order valence-corrected chi connectivity index (χ4v) is 3.13. The van der Waals surface area contributed by atoms with Crippen LogP contribution >= 0.6 is 0 Å². The minimum Gasteiger partial charge on any atom is -0.493 e. The van der Waals surface area contributed by atoms with Gasteiger partial charge >= 0.3 is 0 Å². The van der Waals surface area contributed by atoms with Crippen molar-refractivity contribution in [1.29, 1.82) is 0 Å². The summed E-state index contributed by atoms with van der Waals surface area (Å²) in [7, 11) is 5.61. The molecule has 0 saturated carbocycles. The summed E-state index contributed by atoms with van der Waals surface area (Å²) in [6.45, 7) is 4.17. The molecule has 0 radical (unpaired) electrons. The molecule has 1 heterocycles. The van der Waals surface area contributed by atoms with Crippen LogP contribution in [0.3, 0.4) is 0 Å². The van der Waals surface area contributed by atoms with Crippen molar-refractivity contribution in [1.82, 2.24) is 4.90 Å². The molecule has 154 valence electrons. The van der Waals surface area contributed by atoms with E-state index in [9.17, 15) is 4.79 Å². The zero-order valence-electron chi connectivity index (χ0n) is 17.5.